The Bertz CT molecular complexity index is 1150. The molecule has 0 bridgehead atoms. The van der Waals surface area contributed by atoms with Crippen molar-refractivity contribution in [1.82, 2.24) is 0 Å². The highest BCUT2D eigenvalue weighted by molar-refractivity contribution is 5.87. The number of hydrogen-bond donors (Lipinski definition) is 0. The van der Waals surface area contributed by atoms with Crippen LogP contribution in [0.1, 0.15) is 16.7 Å². The van der Waals surface area contributed by atoms with E-state index in [0.717, 1.165) is 6.42 Å². The van der Waals surface area contributed by atoms with Crippen molar-refractivity contribution in [1.29, 1.82) is 0 Å². The molecule has 4 aromatic carbocycles. The van der Waals surface area contributed by atoms with Crippen molar-refractivity contribution < 1.29 is 0 Å². The first-order valence-corrected chi connectivity index (χ1v) is 9.89. The number of nitrogens with zero attached hydrogens (tertiary/aromatic N) is 1. The molecule has 5 rings (SSSR count). The molecule has 1 aliphatic rings. The molecule has 1 heteroatoms. The van der Waals surface area contributed by atoms with E-state index in [4.69, 9.17) is 0 Å². The second kappa shape index (κ2) is 7.01. The van der Waals surface area contributed by atoms with Crippen molar-refractivity contribution in [2.24, 2.45) is 0 Å². The Labute approximate surface area is 166 Å². The van der Waals surface area contributed by atoms with E-state index in [9.17, 15) is 0 Å². The molecule has 0 aliphatic heterocycles. The van der Waals surface area contributed by atoms with Crippen LogP contribution in [-0.4, -0.2) is 6.04 Å². The van der Waals surface area contributed by atoms with Crippen molar-refractivity contribution in [3.63, 3.8) is 0 Å². The van der Waals surface area contributed by atoms with Gasteiger partial charge in [-0.05, 0) is 59.5 Å². The van der Waals surface area contributed by atoms with Gasteiger partial charge in [-0.1, -0.05) is 84.4 Å². The molecule has 0 amide bonds. The first-order valence-electron chi connectivity index (χ1n) is 9.89. The summed E-state index contributed by atoms with van der Waals surface area (Å²) in [6.07, 6.45) is 5.62. The Kier molecular flexibility index (Phi) is 4.21. The van der Waals surface area contributed by atoms with Crippen LogP contribution in [0.3, 0.4) is 0 Å². The fraction of sp³-hybridized carbons (Fsp3) is 0.111. The lowest BCUT2D eigenvalue weighted by molar-refractivity contribution is 0.767. The third-order valence-electron chi connectivity index (χ3n) is 5.64. The van der Waals surface area contributed by atoms with Gasteiger partial charge in [0.1, 0.15) is 0 Å². The molecular formula is C27H23N. The highest BCUT2D eigenvalue weighted by Gasteiger charge is 2.22. The number of rotatable bonds is 3. The molecule has 136 valence electrons. The van der Waals surface area contributed by atoms with E-state index < -0.39 is 0 Å². The molecule has 28 heavy (non-hydrogen) atoms. The molecular weight excluding hydrogens is 338 g/mol. The van der Waals surface area contributed by atoms with Crippen LogP contribution in [-0.2, 0) is 6.42 Å². The summed E-state index contributed by atoms with van der Waals surface area (Å²) in [5.74, 6) is 0. The first-order chi connectivity index (χ1) is 13.8. The zero-order chi connectivity index (χ0) is 18.9. The highest BCUT2D eigenvalue weighted by atomic mass is 15.2. The van der Waals surface area contributed by atoms with E-state index in [1.807, 2.05) is 0 Å². The van der Waals surface area contributed by atoms with Crippen LogP contribution in [0, 0.1) is 6.92 Å². The minimum absolute atomic E-state index is 0.291. The maximum atomic E-state index is 2.47. The molecule has 0 saturated heterocycles. The summed E-state index contributed by atoms with van der Waals surface area (Å²) in [7, 11) is 0. The lowest BCUT2D eigenvalue weighted by Crippen LogP contribution is -2.32. The molecule has 0 spiro atoms. The Morgan fingerprint density at radius 3 is 2.29 bits per heavy atom. The van der Waals surface area contributed by atoms with Gasteiger partial charge in [0, 0.05) is 11.4 Å². The van der Waals surface area contributed by atoms with E-state index in [1.165, 1.54) is 38.8 Å². The average molecular weight is 361 g/mol. The Hall–Kier alpha value is -3.32. The standard InChI is InChI=1S/C27H23N/c1-20-10-14-25(15-11-20)28(26-16-12-21-6-2-4-8-23(21)18-26)27-17-13-22-7-3-5-9-24(22)19-27/h2-18,27H,19H2,1H3. The first kappa shape index (κ1) is 16.8. The van der Waals surface area contributed by atoms with Crippen LogP contribution < -0.4 is 4.90 Å². The molecule has 1 aliphatic carbocycles. The maximum absolute atomic E-state index is 2.47. The quantitative estimate of drug-likeness (QED) is 0.382. The van der Waals surface area contributed by atoms with Gasteiger partial charge in [-0.2, -0.15) is 0 Å². The number of fused-ring (bicyclic) bond motifs is 2. The van der Waals surface area contributed by atoms with Gasteiger partial charge in [-0.25, -0.2) is 0 Å². The third-order valence-corrected chi connectivity index (χ3v) is 5.64. The van der Waals surface area contributed by atoms with Gasteiger partial charge < -0.3 is 4.90 Å². The SMILES string of the molecule is Cc1ccc(N(c2ccc3ccccc3c2)C2C=Cc3ccccc3C2)cc1. The average Bonchev–Trinajstić information content (AvgIpc) is 2.75. The van der Waals surface area contributed by atoms with Gasteiger partial charge in [-0.15, -0.1) is 0 Å². The molecule has 1 atom stereocenters. The summed E-state index contributed by atoms with van der Waals surface area (Å²) in [6.45, 7) is 2.14. The van der Waals surface area contributed by atoms with Crippen LogP contribution in [0.25, 0.3) is 16.8 Å². The molecule has 0 fully saturated rings. The zero-order valence-electron chi connectivity index (χ0n) is 16.0. The van der Waals surface area contributed by atoms with Crippen LogP contribution in [0.15, 0.2) is 97.1 Å². The predicted molar refractivity (Wildman–Crippen MR) is 120 cm³/mol. The fourth-order valence-corrected chi connectivity index (χ4v) is 4.13. The van der Waals surface area contributed by atoms with Crippen molar-refractivity contribution in [2.45, 2.75) is 19.4 Å². The summed E-state index contributed by atoms with van der Waals surface area (Å²) >= 11 is 0. The van der Waals surface area contributed by atoms with Crippen molar-refractivity contribution in [3.8, 4) is 0 Å². The van der Waals surface area contributed by atoms with Crippen molar-refractivity contribution >= 4 is 28.2 Å². The normalized spacial score (nSPS) is 15.4. The van der Waals surface area contributed by atoms with Gasteiger partial charge in [-0.3, -0.25) is 0 Å². The molecule has 1 unspecified atom stereocenters. The largest absolute Gasteiger partial charge is 0.334 e. The fourth-order valence-electron chi connectivity index (χ4n) is 4.13. The molecule has 0 heterocycles. The van der Waals surface area contributed by atoms with E-state index in [2.05, 4.69) is 115 Å². The number of aryl methyl sites for hydroxylation is 1. The minimum atomic E-state index is 0.291. The molecule has 1 nitrogen and oxygen atoms in total. The summed E-state index contributed by atoms with van der Waals surface area (Å²) in [6, 6.07) is 33.2. The number of benzene rings is 4. The number of hydrogen-bond acceptors (Lipinski definition) is 1. The second-order valence-electron chi connectivity index (χ2n) is 7.57. The smallest absolute Gasteiger partial charge is 0.0566 e. The summed E-state index contributed by atoms with van der Waals surface area (Å²) < 4.78 is 0. The lowest BCUT2D eigenvalue weighted by atomic mass is 9.92. The van der Waals surface area contributed by atoms with Gasteiger partial charge in [0.2, 0.25) is 0 Å². The minimum Gasteiger partial charge on any atom is -0.334 e. The van der Waals surface area contributed by atoms with Gasteiger partial charge in [0.25, 0.3) is 0 Å². The van der Waals surface area contributed by atoms with E-state index in [1.54, 1.807) is 0 Å². The molecule has 0 aromatic heterocycles. The highest BCUT2D eigenvalue weighted by Crippen LogP contribution is 2.34. The molecule has 4 aromatic rings. The Balaban J connectivity index is 1.62. The van der Waals surface area contributed by atoms with Gasteiger partial charge in [0.15, 0.2) is 0 Å². The molecule has 0 saturated carbocycles. The second-order valence-corrected chi connectivity index (χ2v) is 7.57. The van der Waals surface area contributed by atoms with Crippen LogP contribution in [0.2, 0.25) is 0 Å². The summed E-state index contributed by atoms with van der Waals surface area (Å²) in [5, 5.41) is 2.55. The summed E-state index contributed by atoms with van der Waals surface area (Å²) in [4.78, 5) is 2.47. The monoisotopic (exact) mass is 361 g/mol. The lowest BCUT2D eigenvalue weighted by Gasteiger charge is -2.34. The molecule has 0 N–H and O–H groups in total. The van der Waals surface area contributed by atoms with E-state index >= 15 is 0 Å². The van der Waals surface area contributed by atoms with E-state index in [-0.39, 0.29) is 0 Å². The predicted octanol–water partition coefficient (Wildman–Crippen LogP) is 6.92. The number of anilines is 2. The third kappa shape index (κ3) is 3.10. The van der Waals surface area contributed by atoms with Gasteiger partial charge in [0.05, 0.1) is 6.04 Å². The van der Waals surface area contributed by atoms with Crippen molar-refractivity contribution in [2.75, 3.05) is 4.90 Å². The van der Waals surface area contributed by atoms with Gasteiger partial charge >= 0.3 is 0 Å². The van der Waals surface area contributed by atoms with Crippen LogP contribution >= 0.6 is 0 Å². The van der Waals surface area contributed by atoms with E-state index in [0.29, 0.717) is 6.04 Å². The zero-order valence-corrected chi connectivity index (χ0v) is 16.0. The van der Waals surface area contributed by atoms with Crippen molar-refractivity contribution in [3.05, 3.63) is 114 Å². The van der Waals surface area contributed by atoms with Crippen LogP contribution in [0.4, 0.5) is 11.4 Å². The van der Waals surface area contributed by atoms with Crippen LogP contribution in [0.5, 0.6) is 0 Å². The Morgan fingerprint density at radius 1 is 0.714 bits per heavy atom. The summed E-state index contributed by atoms with van der Waals surface area (Å²) in [5.41, 5.74) is 6.49. The Morgan fingerprint density at radius 2 is 1.43 bits per heavy atom. The molecule has 0 radical (unpaired) electrons. The topological polar surface area (TPSA) is 3.24 Å². The maximum Gasteiger partial charge on any atom is 0.0566 e.